The molecule has 4 aliphatic heterocycles. The van der Waals surface area contributed by atoms with E-state index in [0.717, 1.165) is 92.6 Å². The van der Waals surface area contributed by atoms with Crippen LogP contribution in [0.25, 0.3) is 21.7 Å². The highest BCUT2D eigenvalue weighted by atomic mass is 16.5. The zero-order valence-corrected chi connectivity index (χ0v) is 26.5. The Kier molecular flexibility index (Phi) is 8.10. The Hall–Kier alpha value is -3.98. The highest BCUT2D eigenvalue weighted by Crippen LogP contribution is 2.42. The van der Waals surface area contributed by atoms with Crippen molar-refractivity contribution in [2.24, 2.45) is 0 Å². The lowest BCUT2D eigenvalue weighted by Gasteiger charge is -2.36. The predicted molar refractivity (Wildman–Crippen MR) is 175 cm³/mol. The summed E-state index contributed by atoms with van der Waals surface area (Å²) in [5.74, 6) is 1.47. The van der Waals surface area contributed by atoms with Gasteiger partial charge in [0.1, 0.15) is 18.5 Å². The lowest BCUT2D eigenvalue weighted by Crippen LogP contribution is -2.51. The van der Waals surface area contributed by atoms with Gasteiger partial charge in [-0.2, -0.15) is 20.3 Å². The minimum atomic E-state index is -0.179. The van der Waals surface area contributed by atoms with Gasteiger partial charge in [-0.05, 0) is 75.4 Å². The monoisotopic (exact) mass is 622 g/mol. The molecule has 0 amide bonds. The number of benzene rings is 2. The maximum atomic E-state index is 9.36. The van der Waals surface area contributed by atoms with Crippen LogP contribution in [0.3, 0.4) is 0 Å². The van der Waals surface area contributed by atoms with Crippen LogP contribution in [-0.2, 0) is 11.2 Å². The first-order valence-corrected chi connectivity index (χ1v) is 16.9. The van der Waals surface area contributed by atoms with E-state index >= 15 is 0 Å². The number of ether oxygens (including phenoxy) is 3. The quantitative estimate of drug-likeness (QED) is 0.305. The molecule has 46 heavy (non-hydrogen) atoms. The number of likely N-dealkylation sites (N-methyl/N-ethyl adjacent to an activating group) is 1. The number of rotatable bonds is 7. The van der Waals surface area contributed by atoms with Gasteiger partial charge in [-0.1, -0.05) is 24.3 Å². The molecule has 6 heterocycles. The molecule has 2 aromatic carbocycles. The molecule has 0 saturated carbocycles. The van der Waals surface area contributed by atoms with E-state index in [1.807, 2.05) is 6.20 Å². The number of anilines is 1. The number of nitriles is 1. The van der Waals surface area contributed by atoms with Crippen LogP contribution in [-0.4, -0.2) is 83.2 Å². The van der Waals surface area contributed by atoms with Crippen molar-refractivity contribution in [1.29, 1.82) is 5.26 Å². The van der Waals surface area contributed by atoms with E-state index in [0.29, 0.717) is 37.5 Å². The number of hydrogen-bond donors (Lipinski definition) is 1. The van der Waals surface area contributed by atoms with Crippen LogP contribution in [0.4, 0.5) is 5.82 Å². The van der Waals surface area contributed by atoms with Crippen molar-refractivity contribution in [1.82, 2.24) is 30.0 Å². The van der Waals surface area contributed by atoms with Crippen molar-refractivity contribution < 1.29 is 14.2 Å². The average Bonchev–Trinajstić information content (AvgIpc) is 3.73. The molecular weight excluding hydrogens is 580 g/mol. The number of hydrogen-bond acceptors (Lipinski definition) is 10. The maximum absolute atomic E-state index is 9.36. The lowest BCUT2D eigenvalue weighted by molar-refractivity contribution is -0.0366. The number of nitrogens with one attached hydrogen (secondary N) is 1. The van der Waals surface area contributed by atoms with Crippen molar-refractivity contribution in [2.45, 2.75) is 75.8 Å². The molecule has 1 N–H and O–H groups in total. The van der Waals surface area contributed by atoms with Crippen LogP contribution < -0.4 is 19.7 Å². The van der Waals surface area contributed by atoms with Crippen LogP contribution in [0, 0.1) is 11.3 Å². The highest BCUT2D eigenvalue weighted by molar-refractivity contribution is 6.08. The molecule has 8 rings (SSSR count). The standard InChI is InChI=1S/C35H42N8O3/c1-41-17-5-7-25(41)22-45-35-39-33(42-18-16-37-24(21-42)14-15-36)27-11-13-30(46-34(27)40-35)26-8-4-6-23-10-12-29-28(32(23)26)20-38-43(29)31-9-2-3-19-44-31/h4,6,8,10,12,20,24-25,30-31,37H,2-3,5,7,9,11,13-14,16-19,21-22H2,1H3/t24-,25-,30?,31?/m0/s1. The van der Waals surface area contributed by atoms with Crippen molar-refractivity contribution in [3.05, 3.63) is 47.7 Å². The average molecular weight is 623 g/mol. The molecule has 0 radical (unpaired) electrons. The first-order chi connectivity index (χ1) is 22.7. The Morgan fingerprint density at radius 3 is 2.89 bits per heavy atom. The topological polar surface area (TPSA) is 114 Å². The van der Waals surface area contributed by atoms with E-state index in [1.54, 1.807) is 0 Å². The predicted octanol–water partition coefficient (Wildman–Crippen LogP) is 4.91. The van der Waals surface area contributed by atoms with Crippen molar-refractivity contribution in [3.63, 3.8) is 0 Å². The van der Waals surface area contributed by atoms with Gasteiger partial charge in [-0.25, -0.2) is 4.68 Å². The molecule has 3 fully saturated rings. The van der Waals surface area contributed by atoms with Gasteiger partial charge in [0, 0.05) is 49.3 Å². The molecule has 11 nitrogen and oxygen atoms in total. The van der Waals surface area contributed by atoms with Gasteiger partial charge in [0.2, 0.25) is 5.88 Å². The summed E-state index contributed by atoms with van der Waals surface area (Å²) in [4.78, 5) is 14.5. The van der Waals surface area contributed by atoms with Crippen LogP contribution in [0.15, 0.2) is 36.5 Å². The summed E-state index contributed by atoms with van der Waals surface area (Å²) in [6, 6.07) is 14.0. The lowest BCUT2D eigenvalue weighted by atomic mass is 9.93. The number of nitrogens with zero attached hydrogens (tertiary/aromatic N) is 7. The fourth-order valence-electron chi connectivity index (χ4n) is 7.74. The van der Waals surface area contributed by atoms with Crippen molar-refractivity contribution >= 4 is 27.5 Å². The molecule has 0 bridgehead atoms. The van der Waals surface area contributed by atoms with Crippen LogP contribution in [0.5, 0.6) is 11.9 Å². The SMILES string of the molecule is CN1CCC[C@H]1COc1nc2c(c(N3CCN[C@@H](CC#N)C3)n1)CCC(c1cccc3ccc4c(cnn4C4CCCCO4)c13)O2. The Morgan fingerprint density at radius 1 is 1.09 bits per heavy atom. The fraction of sp³-hybridized carbons (Fsp3) is 0.543. The van der Waals surface area contributed by atoms with Crippen LogP contribution in [0.1, 0.15) is 68.4 Å². The molecule has 4 atom stereocenters. The second kappa shape index (κ2) is 12.7. The Morgan fingerprint density at radius 2 is 2.04 bits per heavy atom. The van der Waals surface area contributed by atoms with E-state index in [9.17, 15) is 5.26 Å². The van der Waals surface area contributed by atoms with E-state index in [-0.39, 0.29) is 18.4 Å². The van der Waals surface area contributed by atoms with Gasteiger partial charge in [0.15, 0.2) is 6.23 Å². The number of likely N-dealkylation sites (tertiary alicyclic amines) is 1. The summed E-state index contributed by atoms with van der Waals surface area (Å²) in [6.45, 7) is 4.72. The van der Waals surface area contributed by atoms with Crippen LogP contribution in [0.2, 0.25) is 0 Å². The van der Waals surface area contributed by atoms with E-state index in [2.05, 4.69) is 63.2 Å². The van der Waals surface area contributed by atoms with Gasteiger partial charge < -0.3 is 29.3 Å². The first-order valence-electron chi connectivity index (χ1n) is 16.9. The number of fused-ring (bicyclic) bond motifs is 4. The second-order valence-electron chi connectivity index (χ2n) is 13.2. The van der Waals surface area contributed by atoms with Crippen LogP contribution >= 0.6 is 0 Å². The zero-order valence-electron chi connectivity index (χ0n) is 26.5. The number of aromatic nitrogens is 4. The zero-order chi connectivity index (χ0) is 31.0. The smallest absolute Gasteiger partial charge is 0.321 e. The van der Waals surface area contributed by atoms with Gasteiger partial charge in [0.05, 0.1) is 29.8 Å². The largest absolute Gasteiger partial charge is 0.469 e. The summed E-state index contributed by atoms with van der Waals surface area (Å²) in [5, 5.41) is 21.1. The molecule has 0 spiro atoms. The second-order valence-corrected chi connectivity index (χ2v) is 13.2. The summed E-state index contributed by atoms with van der Waals surface area (Å²) in [5.41, 5.74) is 3.25. The van der Waals surface area contributed by atoms with E-state index < -0.39 is 0 Å². The third-order valence-corrected chi connectivity index (χ3v) is 10.2. The maximum Gasteiger partial charge on any atom is 0.321 e. The molecule has 4 aromatic rings. The van der Waals surface area contributed by atoms with Gasteiger partial charge in [0.25, 0.3) is 0 Å². The summed E-state index contributed by atoms with van der Waals surface area (Å²) in [7, 11) is 2.15. The van der Waals surface area contributed by atoms with Crippen molar-refractivity contribution in [2.75, 3.05) is 51.3 Å². The summed E-state index contributed by atoms with van der Waals surface area (Å²) in [6.07, 6.45) is 9.36. The third-order valence-electron chi connectivity index (χ3n) is 10.2. The fourth-order valence-corrected chi connectivity index (χ4v) is 7.74. The molecule has 4 aliphatic rings. The molecule has 240 valence electrons. The Bertz CT molecular complexity index is 1760. The highest BCUT2D eigenvalue weighted by Gasteiger charge is 2.32. The minimum Gasteiger partial charge on any atom is -0.469 e. The van der Waals surface area contributed by atoms with Gasteiger partial charge in [-0.15, -0.1) is 0 Å². The molecular formula is C35H42N8O3. The van der Waals surface area contributed by atoms with Gasteiger partial charge in [-0.3, -0.25) is 0 Å². The van der Waals surface area contributed by atoms with E-state index in [1.165, 1.54) is 17.2 Å². The van der Waals surface area contributed by atoms with Gasteiger partial charge >= 0.3 is 6.01 Å². The third kappa shape index (κ3) is 5.52. The number of piperazine rings is 1. The molecule has 3 saturated heterocycles. The molecule has 11 heteroatoms. The molecule has 2 unspecified atom stereocenters. The first kappa shape index (κ1) is 29.4. The van der Waals surface area contributed by atoms with Crippen molar-refractivity contribution in [3.8, 4) is 18.0 Å². The molecule has 2 aromatic heterocycles. The Labute approximate surface area is 269 Å². The normalized spacial score (nSPS) is 25.3. The summed E-state index contributed by atoms with van der Waals surface area (Å²) < 4.78 is 21.3. The molecule has 0 aliphatic carbocycles. The Balaban J connectivity index is 1.14. The van der Waals surface area contributed by atoms with E-state index in [4.69, 9.17) is 29.3 Å². The minimum absolute atomic E-state index is 0.0241. The summed E-state index contributed by atoms with van der Waals surface area (Å²) >= 11 is 0.